The first-order valence-corrected chi connectivity index (χ1v) is 6.51. The fourth-order valence-electron chi connectivity index (χ4n) is 2.08. The molecule has 0 aliphatic heterocycles. The fraction of sp³-hybridized carbons (Fsp3) is 0.538. The molecule has 3 heteroatoms. The third kappa shape index (κ3) is 2.58. The van der Waals surface area contributed by atoms with Crippen molar-refractivity contribution >= 4 is 15.9 Å². The molecule has 16 heavy (non-hydrogen) atoms. The van der Waals surface area contributed by atoms with E-state index in [9.17, 15) is 5.11 Å². The SMILES string of the molecule is COc1ccc(Br)c(C(O)CC2CCC2)c1. The first-order valence-electron chi connectivity index (χ1n) is 5.72. The summed E-state index contributed by atoms with van der Waals surface area (Å²) in [6.07, 6.45) is 4.33. The summed E-state index contributed by atoms with van der Waals surface area (Å²) in [5.74, 6) is 1.50. The molecule has 1 aliphatic carbocycles. The van der Waals surface area contributed by atoms with Gasteiger partial charge in [-0.1, -0.05) is 35.2 Å². The van der Waals surface area contributed by atoms with E-state index in [-0.39, 0.29) is 6.10 Å². The summed E-state index contributed by atoms with van der Waals surface area (Å²) in [6.45, 7) is 0. The zero-order chi connectivity index (χ0) is 11.5. The molecule has 1 unspecified atom stereocenters. The lowest BCUT2D eigenvalue weighted by molar-refractivity contribution is 0.117. The smallest absolute Gasteiger partial charge is 0.119 e. The Bertz CT molecular complexity index is 361. The van der Waals surface area contributed by atoms with Gasteiger partial charge in [0.2, 0.25) is 0 Å². The summed E-state index contributed by atoms with van der Waals surface area (Å²) in [6, 6.07) is 5.73. The highest BCUT2D eigenvalue weighted by atomic mass is 79.9. The van der Waals surface area contributed by atoms with Gasteiger partial charge in [0.25, 0.3) is 0 Å². The molecule has 0 radical (unpaired) electrons. The number of benzene rings is 1. The van der Waals surface area contributed by atoms with E-state index in [1.165, 1.54) is 19.3 Å². The van der Waals surface area contributed by atoms with Crippen molar-refractivity contribution < 1.29 is 9.84 Å². The standard InChI is InChI=1S/C13H17BrO2/c1-16-10-5-6-12(14)11(8-10)13(15)7-9-3-2-4-9/h5-6,8-9,13,15H,2-4,7H2,1H3. The van der Waals surface area contributed by atoms with Gasteiger partial charge in [-0.05, 0) is 36.1 Å². The number of hydrogen-bond donors (Lipinski definition) is 1. The molecule has 1 aromatic rings. The molecule has 0 heterocycles. The molecule has 0 bridgehead atoms. The number of hydrogen-bond acceptors (Lipinski definition) is 2. The molecule has 1 fully saturated rings. The minimum absolute atomic E-state index is 0.380. The average molecular weight is 285 g/mol. The topological polar surface area (TPSA) is 29.5 Å². The molecule has 1 aliphatic rings. The summed E-state index contributed by atoms with van der Waals surface area (Å²) in [7, 11) is 1.64. The molecule has 88 valence electrons. The summed E-state index contributed by atoms with van der Waals surface area (Å²) < 4.78 is 6.13. The van der Waals surface area contributed by atoms with E-state index in [2.05, 4.69) is 15.9 Å². The molecule has 1 aromatic carbocycles. The maximum Gasteiger partial charge on any atom is 0.119 e. The van der Waals surface area contributed by atoms with E-state index in [1.807, 2.05) is 18.2 Å². The van der Waals surface area contributed by atoms with Gasteiger partial charge < -0.3 is 9.84 Å². The molecule has 0 amide bonds. The van der Waals surface area contributed by atoms with Gasteiger partial charge in [0.1, 0.15) is 5.75 Å². The van der Waals surface area contributed by atoms with Crippen LogP contribution in [0.1, 0.15) is 37.4 Å². The molecule has 0 aromatic heterocycles. The van der Waals surface area contributed by atoms with Crippen LogP contribution in [0.4, 0.5) is 0 Å². The van der Waals surface area contributed by atoms with Crippen LogP contribution in [0.15, 0.2) is 22.7 Å². The molecule has 2 nitrogen and oxygen atoms in total. The Labute approximate surface area is 105 Å². The van der Waals surface area contributed by atoms with Crippen molar-refractivity contribution in [2.75, 3.05) is 7.11 Å². The first-order chi connectivity index (χ1) is 7.70. The van der Waals surface area contributed by atoms with Gasteiger partial charge in [-0.2, -0.15) is 0 Å². The lowest BCUT2D eigenvalue weighted by atomic mass is 9.80. The molecule has 1 saturated carbocycles. The van der Waals surface area contributed by atoms with Crippen molar-refractivity contribution in [3.05, 3.63) is 28.2 Å². The second-order valence-electron chi connectivity index (χ2n) is 4.44. The molecular weight excluding hydrogens is 268 g/mol. The molecule has 0 spiro atoms. The quantitative estimate of drug-likeness (QED) is 0.914. The molecule has 0 saturated heterocycles. The summed E-state index contributed by atoms with van der Waals surface area (Å²) in [5, 5.41) is 10.2. The van der Waals surface area contributed by atoms with E-state index < -0.39 is 0 Å². The van der Waals surface area contributed by atoms with Crippen LogP contribution in [0.2, 0.25) is 0 Å². The average Bonchev–Trinajstić information content (AvgIpc) is 2.24. The van der Waals surface area contributed by atoms with Crippen LogP contribution in [-0.2, 0) is 0 Å². The molecule has 1 atom stereocenters. The Morgan fingerprint density at radius 2 is 2.25 bits per heavy atom. The van der Waals surface area contributed by atoms with Crippen LogP contribution in [0.3, 0.4) is 0 Å². The zero-order valence-electron chi connectivity index (χ0n) is 9.45. The minimum Gasteiger partial charge on any atom is -0.497 e. The van der Waals surface area contributed by atoms with Crippen molar-refractivity contribution in [2.45, 2.75) is 31.8 Å². The number of rotatable bonds is 4. The summed E-state index contributed by atoms with van der Waals surface area (Å²) in [5.41, 5.74) is 0.936. The lowest BCUT2D eigenvalue weighted by Crippen LogP contribution is -2.15. The van der Waals surface area contributed by atoms with Crippen molar-refractivity contribution in [3.63, 3.8) is 0 Å². The fourth-order valence-corrected chi connectivity index (χ4v) is 2.59. The van der Waals surface area contributed by atoms with E-state index in [4.69, 9.17) is 4.74 Å². The van der Waals surface area contributed by atoms with Crippen LogP contribution in [0, 0.1) is 5.92 Å². The monoisotopic (exact) mass is 284 g/mol. The van der Waals surface area contributed by atoms with Gasteiger partial charge in [0, 0.05) is 4.47 Å². The highest BCUT2D eigenvalue weighted by Crippen LogP contribution is 2.37. The number of aliphatic hydroxyl groups excluding tert-OH is 1. The second-order valence-corrected chi connectivity index (χ2v) is 5.29. The van der Waals surface area contributed by atoms with Gasteiger partial charge in [0.15, 0.2) is 0 Å². The van der Waals surface area contributed by atoms with Crippen LogP contribution >= 0.6 is 15.9 Å². The Hall–Kier alpha value is -0.540. The van der Waals surface area contributed by atoms with Gasteiger partial charge in [-0.3, -0.25) is 0 Å². The Kier molecular flexibility index (Phi) is 3.87. The van der Waals surface area contributed by atoms with E-state index in [0.29, 0.717) is 5.92 Å². The zero-order valence-corrected chi connectivity index (χ0v) is 11.0. The van der Waals surface area contributed by atoms with Gasteiger partial charge in [0.05, 0.1) is 13.2 Å². The maximum absolute atomic E-state index is 10.2. The second kappa shape index (κ2) is 5.19. The highest BCUT2D eigenvalue weighted by Gasteiger charge is 2.23. The predicted molar refractivity (Wildman–Crippen MR) is 67.6 cm³/mol. The maximum atomic E-state index is 10.2. The van der Waals surface area contributed by atoms with Crippen molar-refractivity contribution in [3.8, 4) is 5.75 Å². The third-order valence-corrected chi connectivity index (χ3v) is 4.07. The molecule has 1 N–H and O–H groups in total. The van der Waals surface area contributed by atoms with Crippen LogP contribution in [-0.4, -0.2) is 12.2 Å². The van der Waals surface area contributed by atoms with Crippen LogP contribution < -0.4 is 4.74 Å². The molecule has 2 rings (SSSR count). The third-order valence-electron chi connectivity index (χ3n) is 3.34. The Morgan fingerprint density at radius 3 is 2.81 bits per heavy atom. The lowest BCUT2D eigenvalue weighted by Gasteiger charge is -2.28. The largest absolute Gasteiger partial charge is 0.497 e. The van der Waals surface area contributed by atoms with Crippen LogP contribution in [0.5, 0.6) is 5.75 Å². The summed E-state index contributed by atoms with van der Waals surface area (Å²) in [4.78, 5) is 0. The van der Waals surface area contributed by atoms with E-state index in [0.717, 1.165) is 22.2 Å². The number of ether oxygens (including phenoxy) is 1. The van der Waals surface area contributed by atoms with Gasteiger partial charge in [-0.15, -0.1) is 0 Å². The number of aliphatic hydroxyl groups is 1. The van der Waals surface area contributed by atoms with Crippen molar-refractivity contribution in [1.29, 1.82) is 0 Å². The normalized spacial score (nSPS) is 17.9. The van der Waals surface area contributed by atoms with Crippen molar-refractivity contribution in [1.82, 2.24) is 0 Å². The number of halogens is 1. The van der Waals surface area contributed by atoms with Gasteiger partial charge in [-0.25, -0.2) is 0 Å². The predicted octanol–water partition coefficient (Wildman–Crippen LogP) is 3.68. The van der Waals surface area contributed by atoms with Crippen molar-refractivity contribution in [2.24, 2.45) is 5.92 Å². The molecular formula is C13H17BrO2. The highest BCUT2D eigenvalue weighted by molar-refractivity contribution is 9.10. The Morgan fingerprint density at radius 1 is 1.50 bits per heavy atom. The van der Waals surface area contributed by atoms with Gasteiger partial charge >= 0.3 is 0 Å². The van der Waals surface area contributed by atoms with E-state index >= 15 is 0 Å². The summed E-state index contributed by atoms with van der Waals surface area (Å²) >= 11 is 3.47. The minimum atomic E-state index is -0.380. The Balaban J connectivity index is 2.10. The first kappa shape index (κ1) is 11.9. The van der Waals surface area contributed by atoms with E-state index in [1.54, 1.807) is 7.11 Å². The van der Waals surface area contributed by atoms with Crippen LogP contribution in [0.25, 0.3) is 0 Å². The number of methoxy groups -OCH3 is 1.